The molecule has 3 heteroatoms. The molecule has 0 N–H and O–H groups in total. The van der Waals surface area contributed by atoms with Crippen LogP contribution in [0.4, 0.5) is 0 Å². The first-order chi connectivity index (χ1) is 5.24. The first-order valence-electron chi connectivity index (χ1n) is 4.19. The third-order valence-corrected chi connectivity index (χ3v) is 2.25. The fourth-order valence-corrected chi connectivity index (χ4v) is 1.76. The minimum Gasteiger partial charge on any atom is -0.373 e. The summed E-state index contributed by atoms with van der Waals surface area (Å²) in [7, 11) is 0. The number of hydrogen-bond acceptors (Lipinski definition) is 3. The second-order valence-electron chi connectivity index (χ2n) is 3.30. The molecule has 1 rings (SSSR count). The van der Waals surface area contributed by atoms with Crippen LogP contribution in [0.1, 0.15) is 33.1 Å². The van der Waals surface area contributed by atoms with Gasteiger partial charge < -0.3 is 8.92 Å². The second-order valence-corrected chi connectivity index (χ2v) is 3.51. The summed E-state index contributed by atoms with van der Waals surface area (Å²) < 4.78 is 10.6. The van der Waals surface area contributed by atoms with Gasteiger partial charge in [-0.1, -0.05) is 0 Å². The van der Waals surface area contributed by atoms with E-state index in [-0.39, 0.29) is 12.2 Å². The molecule has 0 amide bonds. The van der Waals surface area contributed by atoms with Crippen LogP contribution in [0.3, 0.4) is 0 Å². The van der Waals surface area contributed by atoms with Crippen LogP contribution >= 0.6 is 12.9 Å². The molecule has 0 aliphatic heterocycles. The molecule has 0 heterocycles. The molecule has 1 aliphatic rings. The summed E-state index contributed by atoms with van der Waals surface area (Å²) in [6.07, 6.45) is 4.17. The molecule has 0 unspecified atom stereocenters. The van der Waals surface area contributed by atoms with Crippen molar-refractivity contribution >= 4 is 12.9 Å². The molecule has 0 radical (unpaired) electrons. The maximum absolute atomic E-state index is 5.64. The molecule has 66 valence electrons. The molecule has 1 fully saturated rings. The molecule has 2 atom stereocenters. The van der Waals surface area contributed by atoms with Gasteiger partial charge in [0.15, 0.2) is 0 Å². The third-order valence-electron chi connectivity index (χ3n) is 1.97. The van der Waals surface area contributed by atoms with Gasteiger partial charge in [0, 0.05) is 0 Å². The van der Waals surface area contributed by atoms with Gasteiger partial charge in [0.1, 0.15) is 0 Å². The van der Waals surface area contributed by atoms with E-state index >= 15 is 0 Å². The van der Waals surface area contributed by atoms with Crippen molar-refractivity contribution in [2.24, 2.45) is 0 Å². The van der Waals surface area contributed by atoms with Crippen molar-refractivity contribution in [3.05, 3.63) is 0 Å². The Bertz CT molecular complexity index is 117. The van der Waals surface area contributed by atoms with Crippen LogP contribution in [0.15, 0.2) is 0 Å². The van der Waals surface area contributed by atoms with Gasteiger partial charge in [0.25, 0.3) is 0 Å². The average molecular weight is 176 g/mol. The zero-order valence-electron chi connectivity index (χ0n) is 7.12. The molecule has 0 aromatic rings. The first-order valence-corrected chi connectivity index (χ1v) is 4.56. The molecule has 0 aromatic heterocycles. The van der Waals surface area contributed by atoms with E-state index < -0.39 is 0 Å². The molecule has 2 nitrogen and oxygen atoms in total. The summed E-state index contributed by atoms with van der Waals surface area (Å²) in [6, 6.07) is 0. The Morgan fingerprint density at radius 3 is 2.45 bits per heavy atom. The van der Waals surface area contributed by atoms with E-state index in [1.807, 2.05) is 13.8 Å². The van der Waals surface area contributed by atoms with Gasteiger partial charge in [0.2, 0.25) is 0 Å². The van der Waals surface area contributed by atoms with Crippen LogP contribution < -0.4 is 0 Å². The topological polar surface area (TPSA) is 18.5 Å². The largest absolute Gasteiger partial charge is 0.373 e. The van der Waals surface area contributed by atoms with E-state index in [1.165, 1.54) is 6.42 Å². The van der Waals surface area contributed by atoms with Gasteiger partial charge in [-0.15, -0.1) is 0 Å². The second kappa shape index (κ2) is 4.33. The smallest absolute Gasteiger partial charge is 0.0980 e. The highest BCUT2D eigenvalue weighted by molar-refractivity contribution is 7.75. The first kappa shape index (κ1) is 9.36. The van der Waals surface area contributed by atoms with Crippen molar-refractivity contribution < 1.29 is 8.92 Å². The Morgan fingerprint density at radius 2 is 1.91 bits per heavy atom. The number of rotatable bonds is 3. The maximum Gasteiger partial charge on any atom is 0.0980 e. The summed E-state index contributed by atoms with van der Waals surface area (Å²) in [5.74, 6) is 0. The van der Waals surface area contributed by atoms with E-state index in [4.69, 9.17) is 8.92 Å². The Kier molecular flexibility index (Phi) is 3.69. The van der Waals surface area contributed by atoms with Crippen molar-refractivity contribution in [3.8, 4) is 0 Å². The van der Waals surface area contributed by atoms with E-state index in [1.54, 1.807) is 0 Å². The van der Waals surface area contributed by atoms with E-state index in [0.29, 0.717) is 6.10 Å². The van der Waals surface area contributed by atoms with Crippen LogP contribution in [-0.2, 0) is 8.92 Å². The van der Waals surface area contributed by atoms with Crippen molar-refractivity contribution in [2.75, 3.05) is 0 Å². The zero-order chi connectivity index (χ0) is 8.27. The molecule has 0 aromatic carbocycles. The number of thiol groups is 1. The number of ether oxygens (including phenoxy) is 1. The van der Waals surface area contributed by atoms with E-state index in [9.17, 15) is 0 Å². The van der Waals surface area contributed by atoms with Gasteiger partial charge in [0.05, 0.1) is 18.3 Å². The quantitative estimate of drug-likeness (QED) is 0.525. The summed E-state index contributed by atoms with van der Waals surface area (Å²) >= 11 is 3.82. The Labute approximate surface area is 73.9 Å². The van der Waals surface area contributed by atoms with E-state index in [0.717, 1.165) is 12.8 Å². The lowest BCUT2D eigenvalue weighted by atomic mass is 10.2. The highest BCUT2D eigenvalue weighted by Gasteiger charge is 2.28. The lowest BCUT2D eigenvalue weighted by Gasteiger charge is -2.20. The molecular formula is C8H16O2S. The van der Waals surface area contributed by atoms with Gasteiger partial charge >= 0.3 is 0 Å². The van der Waals surface area contributed by atoms with Crippen LogP contribution in [0.5, 0.6) is 0 Å². The lowest BCUT2D eigenvalue weighted by molar-refractivity contribution is -0.0336. The normalized spacial score (nSPS) is 31.6. The van der Waals surface area contributed by atoms with Gasteiger partial charge in [-0.3, -0.25) is 0 Å². The number of hydrogen-bond donors (Lipinski definition) is 1. The van der Waals surface area contributed by atoms with Crippen molar-refractivity contribution in [1.82, 2.24) is 0 Å². The minimum absolute atomic E-state index is 0.209. The zero-order valence-corrected chi connectivity index (χ0v) is 8.01. The highest BCUT2D eigenvalue weighted by atomic mass is 32.1. The van der Waals surface area contributed by atoms with Gasteiger partial charge in [-0.2, -0.15) is 0 Å². The summed E-state index contributed by atoms with van der Waals surface area (Å²) in [5.41, 5.74) is 0. The maximum atomic E-state index is 5.64. The Hall–Kier alpha value is 0.270. The van der Waals surface area contributed by atoms with Crippen molar-refractivity contribution in [2.45, 2.75) is 51.4 Å². The highest BCUT2D eigenvalue weighted by Crippen LogP contribution is 2.26. The molecular weight excluding hydrogens is 160 g/mol. The van der Waals surface area contributed by atoms with Crippen LogP contribution in [0, 0.1) is 0 Å². The van der Waals surface area contributed by atoms with Crippen LogP contribution in [0.25, 0.3) is 0 Å². The fraction of sp³-hybridized carbons (Fsp3) is 1.00. The van der Waals surface area contributed by atoms with Crippen molar-refractivity contribution in [1.29, 1.82) is 0 Å². The molecule has 0 bridgehead atoms. The van der Waals surface area contributed by atoms with Crippen LogP contribution in [-0.4, -0.2) is 18.3 Å². The molecule has 11 heavy (non-hydrogen) atoms. The summed E-state index contributed by atoms with van der Waals surface area (Å²) in [4.78, 5) is 0. The monoisotopic (exact) mass is 176 g/mol. The van der Waals surface area contributed by atoms with E-state index in [2.05, 4.69) is 12.9 Å². The third kappa shape index (κ3) is 2.65. The molecule has 1 saturated carbocycles. The SMILES string of the molecule is CC(C)O[C@@H]1CCC[C@H]1OS. The lowest BCUT2D eigenvalue weighted by Crippen LogP contribution is -2.26. The van der Waals surface area contributed by atoms with Gasteiger partial charge in [-0.05, 0) is 46.0 Å². The average Bonchev–Trinajstić information content (AvgIpc) is 2.34. The van der Waals surface area contributed by atoms with Crippen LogP contribution in [0.2, 0.25) is 0 Å². The fourth-order valence-electron chi connectivity index (χ4n) is 1.52. The molecule has 1 aliphatic carbocycles. The molecule has 0 saturated heterocycles. The predicted molar refractivity (Wildman–Crippen MR) is 47.7 cm³/mol. The van der Waals surface area contributed by atoms with Gasteiger partial charge in [-0.25, -0.2) is 0 Å². The summed E-state index contributed by atoms with van der Waals surface area (Å²) in [6.45, 7) is 4.10. The predicted octanol–water partition coefficient (Wildman–Crippen LogP) is 2.19. The minimum atomic E-state index is 0.209. The standard InChI is InChI=1S/C8H16O2S/c1-6(2)9-7-4-3-5-8(7)10-11/h6-8,11H,3-5H2,1-2H3/t7-,8-/m1/s1. The summed E-state index contributed by atoms with van der Waals surface area (Å²) in [5, 5.41) is 0. The Balaban J connectivity index is 2.31. The van der Waals surface area contributed by atoms with Crippen molar-refractivity contribution in [3.63, 3.8) is 0 Å². The molecule has 0 spiro atoms. The Morgan fingerprint density at radius 1 is 1.27 bits per heavy atom.